The average Bonchev–Trinajstić information content (AvgIpc) is 3.05. The molecule has 0 aliphatic rings. The number of hydrogen-bond acceptors (Lipinski definition) is 6. The first-order valence-electron chi connectivity index (χ1n) is 6.04. The van der Waals surface area contributed by atoms with Crippen molar-refractivity contribution in [3.05, 3.63) is 40.3 Å². The summed E-state index contributed by atoms with van der Waals surface area (Å²) in [5.74, 6) is -0.0888. The van der Waals surface area contributed by atoms with Crippen molar-refractivity contribution in [1.29, 1.82) is 0 Å². The second-order valence-electron chi connectivity index (χ2n) is 4.22. The maximum absolute atomic E-state index is 12.0. The summed E-state index contributed by atoms with van der Waals surface area (Å²) in [4.78, 5) is 20.4. The number of nitrogens with two attached hydrogens (primary N) is 1. The first kappa shape index (κ1) is 13.0. The van der Waals surface area contributed by atoms with Gasteiger partial charge in [0, 0.05) is 23.9 Å². The van der Waals surface area contributed by atoms with Crippen LogP contribution in [-0.4, -0.2) is 22.4 Å². The fourth-order valence-corrected chi connectivity index (χ4v) is 3.22. The Bertz CT molecular complexity index is 736. The van der Waals surface area contributed by atoms with Gasteiger partial charge in [0.05, 0.1) is 21.4 Å². The Kier molecular flexibility index (Phi) is 3.62. The molecule has 0 aliphatic heterocycles. The van der Waals surface area contributed by atoms with Gasteiger partial charge < -0.3 is 11.1 Å². The van der Waals surface area contributed by atoms with Crippen molar-refractivity contribution in [2.75, 3.05) is 12.3 Å². The minimum Gasteiger partial charge on any atom is -0.375 e. The second-order valence-corrected chi connectivity index (χ2v) is 6.00. The number of thiazole rings is 2. The number of anilines is 1. The third-order valence-corrected chi connectivity index (χ3v) is 4.30. The van der Waals surface area contributed by atoms with Crippen LogP contribution in [0.2, 0.25) is 0 Å². The molecule has 0 saturated carbocycles. The van der Waals surface area contributed by atoms with Crippen LogP contribution in [0.4, 0.5) is 5.13 Å². The quantitative estimate of drug-likeness (QED) is 0.775. The van der Waals surface area contributed by atoms with Gasteiger partial charge in [-0.05, 0) is 18.2 Å². The van der Waals surface area contributed by atoms with E-state index in [0.717, 1.165) is 22.3 Å². The summed E-state index contributed by atoms with van der Waals surface area (Å²) in [6.07, 6.45) is 0.741. The minimum absolute atomic E-state index is 0.0888. The summed E-state index contributed by atoms with van der Waals surface area (Å²) in [5, 5.41) is 5.39. The molecule has 3 aromatic rings. The van der Waals surface area contributed by atoms with Crippen molar-refractivity contribution in [2.24, 2.45) is 0 Å². The van der Waals surface area contributed by atoms with Crippen LogP contribution in [0, 0.1) is 0 Å². The van der Waals surface area contributed by atoms with E-state index in [9.17, 15) is 4.79 Å². The van der Waals surface area contributed by atoms with Gasteiger partial charge in [0.1, 0.15) is 0 Å². The molecule has 0 aliphatic carbocycles. The van der Waals surface area contributed by atoms with Gasteiger partial charge in [-0.25, -0.2) is 9.97 Å². The first-order chi connectivity index (χ1) is 9.72. The molecule has 2 aromatic heterocycles. The summed E-state index contributed by atoms with van der Waals surface area (Å²) in [7, 11) is 0. The van der Waals surface area contributed by atoms with Crippen LogP contribution in [0.15, 0.2) is 29.1 Å². The topological polar surface area (TPSA) is 80.9 Å². The lowest BCUT2D eigenvalue weighted by Crippen LogP contribution is -2.25. The van der Waals surface area contributed by atoms with E-state index < -0.39 is 0 Å². The highest BCUT2D eigenvalue weighted by Gasteiger charge is 2.08. The zero-order chi connectivity index (χ0) is 13.9. The van der Waals surface area contributed by atoms with Crippen molar-refractivity contribution in [3.8, 4) is 0 Å². The lowest BCUT2D eigenvalue weighted by Gasteiger charge is -2.04. The molecule has 0 fully saturated rings. The van der Waals surface area contributed by atoms with Crippen molar-refractivity contribution in [2.45, 2.75) is 6.42 Å². The van der Waals surface area contributed by atoms with Crippen molar-refractivity contribution in [3.63, 3.8) is 0 Å². The highest BCUT2D eigenvalue weighted by Crippen LogP contribution is 2.24. The molecule has 0 atom stereocenters. The Morgan fingerprint density at radius 3 is 3.10 bits per heavy atom. The Morgan fingerprint density at radius 2 is 2.30 bits per heavy atom. The Morgan fingerprint density at radius 1 is 1.40 bits per heavy atom. The molecule has 0 saturated heterocycles. The molecule has 3 N–H and O–H groups in total. The third kappa shape index (κ3) is 2.78. The number of nitrogens with one attached hydrogen (secondary N) is 1. The highest BCUT2D eigenvalue weighted by atomic mass is 32.1. The number of aromatic nitrogens is 2. The largest absolute Gasteiger partial charge is 0.375 e. The molecular formula is C13H12N4OS2. The van der Waals surface area contributed by atoms with Crippen LogP contribution < -0.4 is 11.1 Å². The third-order valence-electron chi connectivity index (χ3n) is 2.82. The standard InChI is InChI=1S/C13H12N4OS2/c14-13-17-10-2-1-8(5-11(10)20-13)12(18)15-4-3-9-6-19-7-16-9/h1-2,5-7H,3-4H2,(H2,14,17)(H,15,18). The molecule has 2 heterocycles. The number of benzene rings is 1. The zero-order valence-corrected chi connectivity index (χ0v) is 12.1. The maximum atomic E-state index is 12.0. The molecule has 1 amide bonds. The number of fused-ring (bicyclic) bond motifs is 1. The maximum Gasteiger partial charge on any atom is 0.251 e. The summed E-state index contributed by atoms with van der Waals surface area (Å²) in [6.45, 7) is 0.575. The van der Waals surface area contributed by atoms with Gasteiger partial charge in [-0.2, -0.15) is 0 Å². The molecule has 20 heavy (non-hydrogen) atoms. The van der Waals surface area contributed by atoms with Gasteiger partial charge in [-0.15, -0.1) is 11.3 Å². The molecule has 1 aromatic carbocycles. The number of nitrogens with zero attached hydrogens (tertiary/aromatic N) is 2. The summed E-state index contributed by atoms with van der Waals surface area (Å²) in [6, 6.07) is 5.40. The van der Waals surface area contributed by atoms with E-state index in [1.165, 1.54) is 11.3 Å². The molecule has 0 bridgehead atoms. The van der Waals surface area contributed by atoms with Crippen LogP contribution >= 0.6 is 22.7 Å². The lowest BCUT2D eigenvalue weighted by molar-refractivity contribution is 0.0954. The molecule has 5 nitrogen and oxygen atoms in total. The fraction of sp³-hybridized carbons (Fsp3) is 0.154. The van der Waals surface area contributed by atoms with E-state index in [1.54, 1.807) is 22.9 Å². The van der Waals surface area contributed by atoms with Crippen LogP contribution in [0.3, 0.4) is 0 Å². The van der Waals surface area contributed by atoms with Crippen molar-refractivity contribution in [1.82, 2.24) is 15.3 Å². The summed E-state index contributed by atoms with van der Waals surface area (Å²) >= 11 is 2.94. The Balaban J connectivity index is 1.65. The van der Waals surface area contributed by atoms with Crippen molar-refractivity contribution >= 4 is 43.9 Å². The van der Waals surface area contributed by atoms with Crippen LogP contribution in [-0.2, 0) is 6.42 Å². The zero-order valence-electron chi connectivity index (χ0n) is 10.5. The average molecular weight is 304 g/mol. The fourth-order valence-electron chi connectivity index (χ4n) is 1.85. The van der Waals surface area contributed by atoms with Gasteiger partial charge in [0.25, 0.3) is 5.91 Å². The number of hydrogen-bond donors (Lipinski definition) is 2. The Labute approximate surface area is 123 Å². The monoisotopic (exact) mass is 304 g/mol. The number of nitrogen functional groups attached to an aromatic ring is 1. The molecule has 102 valence electrons. The molecule has 7 heteroatoms. The van der Waals surface area contributed by atoms with Gasteiger partial charge in [0.2, 0.25) is 0 Å². The van der Waals surface area contributed by atoms with Crippen LogP contribution in [0.5, 0.6) is 0 Å². The predicted molar refractivity (Wildman–Crippen MR) is 82.2 cm³/mol. The smallest absolute Gasteiger partial charge is 0.251 e. The van der Waals surface area contributed by atoms with Crippen LogP contribution in [0.1, 0.15) is 16.1 Å². The lowest BCUT2D eigenvalue weighted by atomic mass is 10.2. The SMILES string of the molecule is Nc1nc2ccc(C(=O)NCCc3cscn3)cc2s1. The van der Waals surface area contributed by atoms with Gasteiger partial charge in [0.15, 0.2) is 5.13 Å². The second kappa shape index (κ2) is 5.56. The highest BCUT2D eigenvalue weighted by molar-refractivity contribution is 7.22. The molecule has 0 radical (unpaired) electrons. The van der Waals surface area contributed by atoms with Gasteiger partial charge >= 0.3 is 0 Å². The number of carbonyl (C=O) groups excluding carboxylic acids is 1. The number of rotatable bonds is 4. The number of amides is 1. The first-order valence-corrected chi connectivity index (χ1v) is 7.79. The van der Waals surface area contributed by atoms with E-state index >= 15 is 0 Å². The van der Waals surface area contributed by atoms with Gasteiger partial charge in [-0.3, -0.25) is 4.79 Å². The predicted octanol–water partition coefficient (Wildman–Crippen LogP) is 2.31. The molecular weight excluding hydrogens is 292 g/mol. The molecule has 0 unspecified atom stereocenters. The Hall–Kier alpha value is -1.99. The molecule has 0 spiro atoms. The molecule has 3 rings (SSSR count). The van der Waals surface area contributed by atoms with E-state index in [0.29, 0.717) is 17.2 Å². The van der Waals surface area contributed by atoms with E-state index in [4.69, 9.17) is 5.73 Å². The van der Waals surface area contributed by atoms with E-state index in [2.05, 4.69) is 15.3 Å². The summed E-state index contributed by atoms with van der Waals surface area (Å²) in [5.41, 5.74) is 9.89. The van der Waals surface area contributed by atoms with E-state index in [-0.39, 0.29) is 5.91 Å². The number of carbonyl (C=O) groups is 1. The van der Waals surface area contributed by atoms with Gasteiger partial charge in [-0.1, -0.05) is 11.3 Å². The van der Waals surface area contributed by atoms with Crippen LogP contribution in [0.25, 0.3) is 10.2 Å². The normalized spacial score (nSPS) is 10.8. The minimum atomic E-state index is -0.0888. The summed E-state index contributed by atoms with van der Waals surface area (Å²) < 4.78 is 0.926. The van der Waals surface area contributed by atoms with Crippen molar-refractivity contribution < 1.29 is 4.79 Å². The van der Waals surface area contributed by atoms with E-state index in [1.807, 2.05) is 17.5 Å².